The molecule has 1 aliphatic rings. The highest BCUT2D eigenvalue weighted by Gasteiger charge is 2.19. The first kappa shape index (κ1) is 12.0. The van der Waals surface area contributed by atoms with Crippen LogP contribution in [0.25, 0.3) is 0 Å². The topological polar surface area (TPSA) is 32.3 Å². The number of nitrogens with zero attached hydrogens (tertiary/aromatic N) is 1. The van der Waals surface area contributed by atoms with Crippen LogP contribution in [0, 0.1) is 0 Å². The average Bonchev–Trinajstić information content (AvgIpc) is 2.38. The van der Waals surface area contributed by atoms with Gasteiger partial charge < -0.3 is 10.2 Å². The Kier molecular flexibility index (Phi) is 4.02. The summed E-state index contributed by atoms with van der Waals surface area (Å²) in [4.78, 5) is 13.8. The average molecular weight is 232 g/mol. The highest BCUT2D eigenvalue weighted by atomic mass is 16.2. The molecule has 0 saturated carbocycles. The Bertz CT molecular complexity index is 390. The van der Waals surface area contributed by atoms with Crippen molar-refractivity contribution in [1.29, 1.82) is 0 Å². The van der Waals surface area contributed by atoms with E-state index in [4.69, 9.17) is 0 Å². The number of carbonyl (C=O) groups is 1. The molecule has 0 radical (unpaired) electrons. The zero-order valence-electron chi connectivity index (χ0n) is 10.4. The largest absolute Gasteiger partial charge is 0.338 e. The molecule has 1 aromatic rings. The van der Waals surface area contributed by atoms with Gasteiger partial charge in [-0.15, -0.1) is 0 Å². The lowest BCUT2D eigenvalue weighted by atomic mass is 10.0. The van der Waals surface area contributed by atoms with Gasteiger partial charge in [0.15, 0.2) is 0 Å². The number of amides is 2. The number of urea groups is 1. The van der Waals surface area contributed by atoms with Crippen LogP contribution in [-0.4, -0.2) is 24.0 Å². The molecule has 0 fully saturated rings. The van der Waals surface area contributed by atoms with E-state index in [2.05, 4.69) is 30.4 Å². The van der Waals surface area contributed by atoms with Crippen LogP contribution in [0.3, 0.4) is 0 Å². The lowest BCUT2D eigenvalue weighted by Gasteiger charge is -2.28. The van der Waals surface area contributed by atoms with Gasteiger partial charge in [-0.3, -0.25) is 0 Å². The number of benzene rings is 1. The summed E-state index contributed by atoms with van der Waals surface area (Å²) < 4.78 is 0. The molecule has 2 amide bonds. The summed E-state index contributed by atoms with van der Waals surface area (Å²) in [6, 6.07) is 8.45. The van der Waals surface area contributed by atoms with Gasteiger partial charge >= 0.3 is 6.03 Å². The summed E-state index contributed by atoms with van der Waals surface area (Å²) in [5.74, 6) is 0. The number of fused-ring (bicyclic) bond motifs is 1. The van der Waals surface area contributed by atoms with E-state index >= 15 is 0 Å². The number of nitrogens with one attached hydrogen (secondary N) is 1. The first-order valence-corrected chi connectivity index (χ1v) is 6.41. The van der Waals surface area contributed by atoms with Crippen molar-refractivity contribution in [1.82, 2.24) is 10.2 Å². The van der Waals surface area contributed by atoms with E-state index in [1.54, 1.807) is 0 Å². The quantitative estimate of drug-likeness (QED) is 0.798. The van der Waals surface area contributed by atoms with Gasteiger partial charge in [0.25, 0.3) is 0 Å². The van der Waals surface area contributed by atoms with E-state index in [9.17, 15) is 4.79 Å². The Hall–Kier alpha value is -1.51. The summed E-state index contributed by atoms with van der Waals surface area (Å²) in [6.45, 7) is 4.49. The zero-order valence-corrected chi connectivity index (χ0v) is 10.4. The van der Waals surface area contributed by atoms with Gasteiger partial charge in [-0.2, -0.15) is 0 Å². The second-order valence-electron chi connectivity index (χ2n) is 4.53. The first-order chi connectivity index (χ1) is 8.31. The molecule has 2 rings (SSSR count). The number of carbonyl (C=O) groups excluding carboxylic acids is 1. The maximum Gasteiger partial charge on any atom is 0.317 e. The predicted molar refractivity (Wildman–Crippen MR) is 68.9 cm³/mol. The fourth-order valence-electron chi connectivity index (χ4n) is 2.15. The highest BCUT2D eigenvalue weighted by molar-refractivity contribution is 5.74. The molecule has 0 saturated heterocycles. The van der Waals surface area contributed by atoms with Crippen LogP contribution in [0.15, 0.2) is 24.3 Å². The van der Waals surface area contributed by atoms with Crippen molar-refractivity contribution in [2.75, 3.05) is 13.1 Å². The standard InChI is InChI=1S/C14H20N2O/c1-2-3-9-15-14(17)16-10-8-12-6-4-5-7-13(12)11-16/h4-7H,2-3,8-11H2,1H3,(H,15,17). The summed E-state index contributed by atoms with van der Waals surface area (Å²) in [5.41, 5.74) is 2.66. The summed E-state index contributed by atoms with van der Waals surface area (Å²) in [7, 11) is 0. The molecule has 0 atom stereocenters. The van der Waals surface area contributed by atoms with E-state index in [0.717, 1.165) is 38.9 Å². The van der Waals surface area contributed by atoms with Gasteiger partial charge in [0.1, 0.15) is 0 Å². The fraction of sp³-hybridized carbons (Fsp3) is 0.500. The first-order valence-electron chi connectivity index (χ1n) is 6.41. The molecule has 92 valence electrons. The van der Waals surface area contributed by atoms with Crippen molar-refractivity contribution in [2.24, 2.45) is 0 Å². The smallest absolute Gasteiger partial charge is 0.317 e. The maximum atomic E-state index is 11.9. The Morgan fingerprint density at radius 2 is 2.12 bits per heavy atom. The molecule has 3 heteroatoms. The molecule has 1 N–H and O–H groups in total. The van der Waals surface area contributed by atoms with E-state index in [1.807, 2.05) is 11.0 Å². The maximum absolute atomic E-state index is 11.9. The molecule has 1 aliphatic heterocycles. The molecule has 17 heavy (non-hydrogen) atoms. The van der Waals surface area contributed by atoms with Gasteiger partial charge in [-0.1, -0.05) is 37.6 Å². The van der Waals surface area contributed by atoms with E-state index in [0.29, 0.717) is 0 Å². The molecule has 0 aromatic heterocycles. The van der Waals surface area contributed by atoms with Crippen molar-refractivity contribution in [3.05, 3.63) is 35.4 Å². The van der Waals surface area contributed by atoms with Crippen LogP contribution in [-0.2, 0) is 13.0 Å². The molecule has 0 bridgehead atoms. The Morgan fingerprint density at radius 3 is 2.88 bits per heavy atom. The number of hydrogen-bond donors (Lipinski definition) is 1. The Balaban J connectivity index is 1.91. The van der Waals surface area contributed by atoms with Crippen molar-refractivity contribution in [3.63, 3.8) is 0 Å². The minimum Gasteiger partial charge on any atom is -0.338 e. The van der Waals surface area contributed by atoms with Crippen LogP contribution >= 0.6 is 0 Å². The molecule has 0 spiro atoms. The summed E-state index contributed by atoms with van der Waals surface area (Å²) in [5, 5.41) is 2.97. The van der Waals surface area contributed by atoms with E-state index in [1.165, 1.54) is 11.1 Å². The third kappa shape index (κ3) is 2.99. The van der Waals surface area contributed by atoms with Crippen LogP contribution in [0.5, 0.6) is 0 Å². The minimum absolute atomic E-state index is 0.0768. The summed E-state index contributed by atoms with van der Waals surface area (Å²) >= 11 is 0. The predicted octanol–water partition coefficient (Wildman–Crippen LogP) is 2.55. The van der Waals surface area contributed by atoms with Crippen LogP contribution in [0.2, 0.25) is 0 Å². The van der Waals surface area contributed by atoms with Crippen molar-refractivity contribution in [3.8, 4) is 0 Å². The van der Waals surface area contributed by atoms with Crippen LogP contribution in [0.1, 0.15) is 30.9 Å². The Morgan fingerprint density at radius 1 is 1.35 bits per heavy atom. The minimum atomic E-state index is 0.0768. The van der Waals surface area contributed by atoms with Crippen molar-refractivity contribution < 1.29 is 4.79 Å². The lowest BCUT2D eigenvalue weighted by Crippen LogP contribution is -2.43. The SMILES string of the molecule is CCCCNC(=O)N1CCc2ccccc2C1. The van der Waals surface area contributed by atoms with Crippen LogP contribution < -0.4 is 5.32 Å². The Labute approximate surface area is 103 Å². The third-order valence-electron chi connectivity index (χ3n) is 3.22. The second-order valence-corrected chi connectivity index (χ2v) is 4.53. The third-order valence-corrected chi connectivity index (χ3v) is 3.22. The normalized spacial score (nSPS) is 14.3. The zero-order chi connectivity index (χ0) is 12.1. The van der Waals surface area contributed by atoms with E-state index in [-0.39, 0.29) is 6.03 Å². The van der Waals surface area contributed by atoms with Gasteiger partial charge in [0, 0.05) is 19.6 Å². The van der Waals surface area contributed by atoms with Gasteiger partial charge in [-0.25, -0.2) is 4.79 Å². The number of rotatable bonds is 3. The fourth-order valence-corrected chi connectivity index (χ4v) is 2.15. The van der Waals surface area contributed by atoms with Gasteiger partial charge in [0.05, 0.1) is 0 Å². The highest BCUT2D eigenvalue weighted by Crippen LogP contribution is 2.18. The van der Waals surface area contributed by atoms with Gasteiger partial charge in [-0.05, 0) is 24.0 Å². The summed E-state index contributed by atoms with van der Waals surface area (Å²) in [6.07, 6.45) is 3.14. The van der Waals surface area contributed by atoms with Crippen LogP contribution in [0.4, 0.5) is 4.79 Å². The molecule has 3 nitrogen and oxygen atoms in total. The molecular weight excluding hydrogens is 212 g/mol. The molecule has 1 heterocycles. The molecule has 0 aliphatic carbocycles. The monoisotopic (exact) mass is 232 g/mol. The number of hydrogen-bond acceptors (Lipinski definition) is 1. The second kappa shape index (κ2) is 5.71. The van der Waals surface area contributed by atoms with Crippen molar-refractivity contribution in [2.45, 2.75) is 32.7 Å². The van der Waals surface area contributed by atoms with Crippen molar-refractivity contribution >= 4 is 6.03 Å². The van der Waals surface area contributed by atoms with E-state index < -0.39 is 0 Å². The molecule has 0 unspecified atom stereocenters. The van der Waals surface area contributed by atoms with Gasteiger partial charge in [0.2, 0.25) is 0 Å². The number of unbranched alkanes of at least 4 members (excludes halogenated alkanes) is 1. The molecular formula is C14H20N2O. The lowest BCUT2D eigenvalue weighted by molar-refractivity contribution is 0.192. The molecule has 1 aromatic carbocycles.